The standard InChI is InChI=1S/C27H25N5O5/c1-35-20-12-10-19(11-13-20)17-31(25(33)18-32-23-8-3-2-7-22(23)29-30-32)26(24-9-5-15-37-24)27(34)28-16-21-6-4-14-36-21/h2-15,26H,16-18H2,1H3,(H,28,34)/t26-/m1/s1. The first-order valence-corrected chi connectivity index (χ1v) is 11.7. The number of benzene rings is 2. The molecular formula is C27H25N5O5. The number of carbonyl (C=O) groups is 2. The maximum atomic E-state index is 13.8. The average molecular weight is 500 g/mol. The molecular weight excluding hydrogens is 474 g/mol. The normalized spacial score (nSPS) is 11.8. The van der Waals surface area contributed by atoms with Gasteiger partial charge in [-0.3, -0.25) is 9.59 Å². The van der Waals surface area contributed by atoms with Crippen LogP contribution in [0.15, 0.2) is 94.2 Å². The first-order chi connectivity index (χ1) is 18.1. The van der Waals surface area contributed by atoms with Crippen LogP contribution in [0.4, 0.5) is 0 Å². The van der Waals surface area contributed by atoms with Crippen LogP contribution < -0.4 is 10.1 Å². The summed E-state index contributed by atoms with van der Waals surface area (Å²) in [6.45, 7) is 0.204. The molecule has 0 radical (unpaired) electrons. The number of nitrogens with zero attached hydrogens (tertiary/aromatic N) is 4. The van der Waals surface area contributed by atoms with Crippen molar-refractivity contribution in [2.45, 2.75) is 25.7 Å². The molecule has 1 atom stereocenters. The summed E-state index contributed by atoms with van der Waals surface area (Å²) in [4.78, 5) is 28.8. The van der Waals surface area contributed by atoms with Crippen molar-refractivity contribution in [2.75, 3.05) is 7.11 Å². The molecule has 0 fully saturated rings. The SMILES string of the molecule is COc1ccc(CN(C(=O)Cn2nnc3ccccc32)[C@@H](C(=O)NCc2ccco2)c2ccco2)cc1. The molecule has 3 aromatic heterocycles. The summed E-state index contributed by atoms with van der Waals surface area (Å²) in [5.41, 5.74) is 2.21. The van der Waals surface area contributed by atoms with E-state index >= 15 is 0 Å². The van der Waals surface area contributed by atoms with Crippen molar-refractivity contribution < 1.29 is 23.2 Å². The van der Waals surface area contributed by atoms with Crippen LogP contribution in [0.1, 0.15) is 23.1 Å². The van der Waals surface area contributed by atoms with E-state index in [4.69, 9.17) is 13.6 Å². The Balaban J connectivity index is 1.47. The number of aromatic nitrogens is 3. The molecule has 0 spiro atoms. The minimum atomic E-state index is -1.03. The van der Waals surface area contributed by atoms with Crippen LogP contribution in [-0.2, 0) is 29.2 Å². The van der Waals surface area contributed by atoms with E-state index in [2.05, 4.69) is 15.6 Å². The van der Waals surface area contributed by atoms with Crippen LogP contribution in [0, 0.1) is 0 Å². The minimum absolute atomic E-state index is 0.112. The number of hydrogen-bond acceptors (Lipinski definition) is 7. The number of fused-ring (bicyclic) bond motifs is 1. The molecule has 188 valence electrons. The van der Waals surface area contributed by atoms with E-state index in [0.29, 0.717) is 22.8 Å². The van der Waals surface area contributed by atoms with Crippen LogP contribution in [0.25, 0.3) is 11.0 Å². The summed E-state index contributed by atoms with van der Waals surface area (Å²) >= 11 is 0. The highest BCUT2D eigenvalue weighted by atomic mass is 16.5. The van der Waals surface area contributed by atoms with Gasteiger partial charge in [-0.1, -0.05) is 29.5 Å². The van der Waals surface area contributed by atoms with Crippen LogP contribution in [0.3, 0.4) is 0 Å². The zero-order chi connectivity index (χ0) is 25.6. The Morgan fingerprint density at radius 1 is 1.00 bits per heavy atom. The Labute approximate surface area is 212 Å². The maximum Gasteiger partial charge on any atom is 0.251 e. The Hall–Kier alpha value is -4.86. The third-order valence-corrected chi connectivity index (χ3v) is 5.93. The lowest BCUT2D eigenvalue weighted by Gasteiger charge is -2.30. The van der Waals surface area contributed by atoms with Gasteiger partial charge >= 0.3 is 0 Å². The van der Waals surface area contributed by atoms with E-state index in [1.807, 2.05) is 48.5 Å². The molecule has 0 bridgehead atoms. The van der Waals surface area contributed by atoms with Gasteiger partial charge in [-0.2, -0.15) is 0 Å². The van der Waals surface area contributed by atoms with Gasteiger partial charge in [0, 0.05) is 6.54 Å². The summed E-state index contributed by atoms with van der Waals surface area (Å²) in [6, 6.07) is 20.5. The van der Waals surface area contributed by atoms with Crippen molar-refractivity contribution in [1.82, 2.24) is 25.2 Å². The lowest BCUT2D eigenvalue weighted by Crippen LogP contribution is -2.44. The molecule has 0 unspecified atom stereocenters. The van der Waals surface area contributed by atoms with E-state index in [0.717, 1.165) is 11.1 Å². The molecule has 5 aromatic rings. The minimum Gasteiger partial charge on any atom is -0.497 e. The number of carbonyl (C=O) groups excluding carboxylic acids is 2. The molecule has 0 aliphatic heterocycles. The molecule has 5 rings (SSSR count). The number of methoxy groups -OCH3 is 1. The number of para-hydroxylation sites is 1. The van der Waals surface area contributed by atoms with Crippen molar-refractivity contribution >= 4 is 22.8 Å². The second-order valence-corrected chi connectivity index (χ2v) is 8.32. The smallest absolute Gasteiger partial charge is 0.251 e. The third-order valence-electron chi connectivity index (χ3n) is 5.93. The number of nitrogens with one attached hydrogen (secondary N) is 1. The predicted octanol–water partition coefficient (Wildman–Crippen LogP) is 3.71. The average Bonchev–Trinajstić information content (AvgIpc) is 3.71. The van der Waals surface area contributed by atoms with Crippen LogP contribution in [0.5, 0.6) is 5.75 Å². The van der Waals surface area contributed by atoms with Gasteiger partial charge in [-0.25, -0.2) is 4.68 Å². The molecule has 2 aromatic carbocycles. The highest BCUT2D eigenvalue weighted by Crippen LogP contribution is 2.26. The Kier molecular flexibility index (Phi) is 6.98. The van der Waals surface area contributed by atoms with Gasteiger partial charge in [-0.05, 0) is 54.1 Å². The molecule has 10 heteroatoms. The predicted molar refractivity (Wildman–Crippen MR) is 133 cm³/mol. The van der Waals surface area contributed by atoms with Crippen molar-refractivity contribution in [3.63, 3.8) is 0 Å². The van der Waals surface area contributed by atoms with E-state index in [-0.39, 0.29) is 25.5 Å². The Morgan fingerprint density at radius 2 is 1.78 bits per heavy atom. The second kappa shape index (κ2) is 10.8. The van der Waals surface area contributed by atoms with E-state index < -0.39 is 11.9 Å². The maximum absolute atomic E-state index is 13.8. The highest BCUT2D eigenvalue weighted by molar-refractivity contribution is 5.88. The van der Waals surface area contributed by atoms with Gasteiger partial charge in [0.15, 0.2) is 6.04 Å². The summed E-state index contributed by atoms with van der Waals surface area (Å²) in [5, 5.41) is 11.2. The zero-order valence-corrected chi connectivity index (χ0v) is 20.1. The van der Waals surface area contributed by atoms with E-state index in [1.54, 1.807) is 31.4 Å². The zero-order valence-electron chi connectivity index (χ0n) is 20.1. The second-order valence-electron chi connectivity index (χ2n) is 8.32. The van der Waals surface area contributed by atoms with Crippen molar-refractivity contribution in [3.8, 4) is 5.75 Å². The summed E-state index contributed by atoms with van der Waals surface area (Å²) in [5.74, 6) is 0.878. The number of furan rings is 2. The topological polar surface area (TPSA) is 116 Å². The van der Waals surface area contributed by atoms with Gasteiger partial charge in [0.05, 0.1) is 31.7 Å². The summed E-state index contributed by atoms with van der Waals surface area (Å²) < 4.78 is 17.8. The first kappa shape index (κ1) is 23.9. The van der Waals surface area contributed by atoms with Gasteiger partial charge < -0.3 is 23.8 Å². The van der Waals surface area contributed by atoms with E-state index in [9.17, 15) is 9.59 Å². The van der Waals surface area contributed by atoms with Crippen molar-refractivity contribution in [1.29, 1.82) is 0 Å². The quantitative estimate of drug-likeness (QED) is 0.311. The fraction of sp³-hybridized carbons (Fsp3) is 0.185. The molecule has 1 N–H and O–H groups in total. The van der Waals surface area contributed by atoms with Crippen LogP contribution in [0.2, 0.25) is 0 Å². The number of ether oxygens (including phenoxy) is 1. The molecule has 37 heavy (non-hydrogen) atoms. The van der Waals surface area contributed by atoms with Crippen molar-refractivity contribution in [3.05, 3.63) is 102 Å². The molecule has 2 amide bonds. The Morgan fingerprint density at radius 3 is 2.51 bits per heavy atom. The van der Waals surface area contributed by atoms with E-state index in [1.165, 1.54) is 22.1 Å². The summed E-state index contributed by atoms with van der Waals surface area (Å²) in [7, 11) is 1.59. The third kappa shape index (κ3) is 5.37. The fourth-order valence-electron chi connectivity index (χ4n) is 4.06. The number of rotatable bonds is 10. The van der Waals surface area contributed by atoms with Gasteiger partial charge in [0.25, 0.3) is 5.91 Å². The number of hydrogen-bond donors (Lipinski definition) is 1. The van der Waals surface area contributed by atoms with Crippen LogP contribution in [-0.4, -0.2) is 38.8 Å². The van der Waals surface area contributed by atoms with Crippen LogP contribution >= 0.6 is 0 Å². The Bertz CT molecular complexity index is 1460. The molecule has 0 saturated carbocycles. The highest BCUT2D eigenvalue weighted by Gasteiger charge is 2.34. The largest absolute Gasteiger partial charge is 0.497 e. The number of amides is 2. The fourth-order valence-corrected chi connectivity index (χ4v) is 4.06. The molecule has 0 aliphatic carbocycles. The molecule has 0 saturated heterocycles. The first-order valence-electron chi connectivity index (χ1n) is 11.7. The monoisotopic (exact) mass is 499 g/mol. The lowest BCUT2D eigenvalue weighted by atomic mass is 10.1. The molecule has 0 aliphatic rings. The van der Waals surface area contributed by atoms with Gasteiger partial charge in [-0.15, -0.1) is 5.10 Å². The van der Waals surface area contributed by atoms with Gasteiger partial charge in [0.2, 0.25) is 5.91 Å². The molecule has 10 nitrogen and oxygen atoms in total. The summed E-state index contributed by atoms with van der Waals surface area (Å²) in [6.07, 6.45) is 3.01. The lowest BCUT2D eigenvalue weighted by molar-refractivity contribution is -0.143. The van der Waals surface area contributed by atoms with Gasteiger partial charge in [0.1, 0.15) is 29.3 Å². The van der Waals surface area contributed by atoms with Crippen molar-refractivity contribution in [2.24, 2.45) is 0 Å². The molecule has 3 heterocycles.